The largest absolute Gasteiger partial charge is 0.377 e. The van der Waals surface area contributed by atoms with Gasteiger partial charge in [0.05, 0.1) is 5.60 Å². The predicted molar refractivity (Wildman–Crippen MR) is 88.1 cm³/mol. The smallest absolute Gasteiger partial charge is 0.124 e. The maximum Gasteiger partial charge on any atom is 0.124 e. The van der Waals surface area contributed by atoms with E-state index in [2.05, 4.69) is 28.2 Å². The van der Waals surface area contributed by atoms with E-state index in [-0.39, 0.29) is 17.5 Å². The van der Waals surface area contributed by atoms with Gasteiger partial charge in [0.1, 0.15) is 5.82 Å². The van der Waals surface area contributed by atoms with Crippen molar-refractivity contribution < 1.29 is 9.13 Å². The molecule has 1 atom stereocenters. The molecule has 1 unspecified atom stereocenters. The normalized spacial score (nSPS) is 19.4. The van der Waals surface area contributed by atoms with Gasteiger partial charge in [-0.1, -0.05) is 42.1 Å². The molecule has 21 heavy (non-hydrogen) atoms. The lowest BCUT2D eigenvalue weighted by Gasteiger charge is -2.43. The number of halogens is 2. The van der Waals surface area contributed by atoms with Gasteiger partial charge in [-0.2, -0.15) is 0 Å². The number of likely N-dealkylation sites (N-methyl/N-ethyl adjacent to an activating group) is 1. The second-order valence-electron chi connectivity index (χ2n) is 5.92. The first-order chi connectivity index (χ1) is 10.1. The van der Waals surface area contributed by atoms with Crippen molar-refractivity contribution in [3.8, 4) is 0 Å². The van der Waals surface area contributed by atoms with Crippen LogP contribution in [0.5, 0.6) is 0 Å². The van der Waals surface area contributed by atoms with Gasteiger partial charge in [0, 0.05) is 17.6 Å². The minimum absolute atomic E-state index is 0.118. The molecule has 2 rings (SSSR count). The molecule has 2 nitrogen and oxygen atoms in total. The zero-order valence-electron chi connectivity index (χ0n) is 12.9. The van der Waals surface area contributed by atoms with Crippen LogP contribution in [0.3, 0.4) is 0 Å². The predicted octanol–water partition coefficient (Wildman–Crippen LogP) is 4.46. The van der Waals surface area contributed by atoms with Crippen molar-refractivity contribution in [2.45, 2.75) is 57.1 Å². The Balaban J connectivity index is 2.21. The quantitative estimate of drug-likeness (QED) is 0.811. The molecule has 0 spiro atoms. The van der Waals surface area contributed by atoms with Gasteiger partial charge in [-0.25, -0.2) is 4.39 Å². The van der Waals surface area contributed by atoms with Crippen molar-refractivity contribution in [3.63, 3.8) is 0 Å². The van der Waals surface area contributed by atoms with Crippen LogP contribution in [0.15, 0.2) is 22.7 Å². The molecular weight excluding hydrogens is 333 g/mol. The highest BCUT2D eigenvalue weighted by atomic mass is 79.9. The van der Waals surface area contributed by atoms with Crippen LogP contribution in [-0.2, 0) is 11.2 Å². The summed E-state index contributed by atoms with van der Waals surface area (Å²) in [5.74, 6) is -0.190. The van der Waals surface area contributed by atoms with Crippen molar-refractivity contribution in [1.29, 1.82) is 0 Å². The maximum atomic E-state index is 13.6. The third kappa shape index (κ3) is 4.27. The fraction of sp³-hybridized carbons (Fsp3) is 0.647. The van der Waals surface area contributed by atoms with Crippen LogP contribution in [-0.4, -0.2) is 25.3 Å². The van der Waals surface area contributed by atoms with Crippen molar-refractivity contribution in [2.75, 3.05) is 13.7 Å². The Morgan fingerprint density at radius 2 is 2.00 bits per heavy atom. The van der Waals surface area contributed by atoms with Gasteiger partial charge in [0.2, 0.25) is 0 Å². The number of nitrogens with one attached hydrogen (secondary N) is 1. The van der Waals surface area contributed by atoms with Crippen LogP contribution in [0.2, 0.25) is 0 Å². The van der Waals surface area contributed by atoms with Crippen LogP contribution in [0.4, 0.5) is 4.39 Å². The summed E-state index contributed by atoms with van der Waals surface area (Å²) >= 11 is 3.38. The van der Waals surface area contributed by atoms with E-state index in [4.69, 9.17) is 4.74 Å². The molecule has 0 radical (unpaired) electrons. The zero-order chi connectivity index (χ0) is 15.3. The first kappa shape index (κ1) is 16.9. The van der Waals surface area contributed by atoms with Gasteiger partial charge in [0.25, 0.3) is 0 Å². The Morgan fingerprint density at radius 1 is 1.29 bits per heavy atom. The Morgan fingerprint density at radius 3 is 2.57 bits per heavy atom. The van der Waals surface area contributed by atoms with Crippen LogP contribution in [0, 0.1) is 5.82 Å². The molecule has 1 aromatic rings. The lowest BCUT2D eigenvalue weighted by Crippen LogP contribution is -2.54. The summed E-state index contributed by atoms with van der Waals surface area (Å²) in [7, 11) is 1.82. The molecule has 1 N–H and O–H groups in total. The van der Waals surface area contributed by atoms with Gasteiger partial charge in [0.15, 0.2) is 0 Å². The fourth-order valence-electron chi connectivity index (χ4n) is 3.50. The summed E-state index contributed by atoms with van der Waals surface area (Å²) in [6.45, 7) is 3.01. The van der Waals surface area contributed by atoms with E-state index >= 15 is 0 Å². The molecular formula is C17H25BrFNO. The molecule has 0 amide bonds. The van der Waals surface area contributed by atoms with Crippen molar-refractivity contribution in [2.24, 2.45) is 0 Å². The summed E-state index contributed by atoms with van der Waals surface area (Å²) in [6, 6.07) is 5.35. The molecule has 4 heteroatoms. The molecule has 1 saturated carbocycles. The topological polar surface area (TPSA) is 21.3 Å². The van der Waals surface area contributed by atoms with E-state index in [1.165, 1.54) is 25.3 Å². The molecule has 0 aliphatic heterocycles. The van der Waals surface area contributed by atoms with E-state index in [1.807, 2.05) is 13.2 Å². The van der Waals surface area contributed by atoms with E-state index < -0.39 is 0 Å². The number of benzene rings is 1. The summed E-state index contributed by atoms with van der Waals surface area (Å²) in [5, 5.41) is 3.57. The summed E-state index contributed by atoms with van der Waals surface area (Å²) in [5.41, 5.74) is 0.891. The number of hydrogen-bond donors (Lipinski definition) is 1. The molecule has 0 saturated heterocycles. The Bertz CT molecular complexity index is 440. The van der Waals surface area contributed by atoms with Gasteiger partial charge in [-0.15, -0.1) is 0 Å². The average Bonchev–Trinajstić information content (AvgIpc) is 2.46. The zero-order valence-corrected chi connectivity index (χ0v) is 14.5. The Labute approximate surface area is 135 Å². The molecule has 0 heterocycles. The molecule has 1 aliphatic rings. The third-order valence-electron chi connectivity index (χ3n) is 4.55. The highest BCUT2D eigenvalue weighted by Gasteiger charge is 2.39. The van der Waals surface area contributed by atoms with Gasteiger partial charge in [-0.3, -0.25) is 0 Å². The lowest BCUT2D eigenvalue weighted by atomic mass is 9.77. The highest BCUT2D eigenvalue weighted by Crippen LogP contribution is 2.35. The van der Waals surface area contributed by atoms with Gasteiger partial charge >= 0.3 is 0 Å². The summed E-state index contributed by atoms with van der Waals surface area (Å²) in [6.07, 6.45) is 6.66. The Hall–Kier alpha value is -0.450. The van der Waals surface area contributed by atoms with Crippen molar-refractivity contribution in [3.05, 3.63) is 34.1 Å². The molecule has 118 valence electrons. The molecule has 1 aliphatic carbocycles. The minimum atomic E-state index is -0.190. The van der Waals surface area contributed by atoms with Crippen LogP contribution >= 0.6 is 15.9 Å². The average molecular weight is 358 g/mol. The van der Waals surface area contributed by atoms with Gasteiger partial charge < -0.3 is 10.1 Å². The highest BCUT2D eigenvalue weighted by molar-refractivity contribution is 9.10. The second-order valence-corrected chi connectivity index (χ2v) is 6.84. The molecule has 0 bridgehead atoms. The molecule has 0 aromatic heterocycles. The summed E-state index contributed by atoms with van der Waals surface area (Å²) in [4.78, 5) is 0. The van der Waals surface area contributed by atoms with Crippen molar-refractivity contribution in [1.82, 2.24) is 5.32 Å². The number of hydrogen-bond acceptors (Lipinski definition) is 2. The fourth-order valence-corrected chi connectivity index (χ4v) is 4.01. The Kier molecular flexibility index (Phi) is 6.20. The second kappa shape index (κ2) is 7.70. The maximum absolute atomic E-state index is 13.6. The first-order valence-corrected chi connectivity index (χ1v) is 8.62. The minimum Gasteiger partial charge on any atom is -0.377 e. The number of rotatable bonds is 6. The van der Waals surface area contributed by atoms with E-state index in [9.17, 15) is 4.39 Å². The van der Waals surface area contributed by atoms with Crippen molar-refractivity contribution >= 4 is 15.9 Å². The molecule has 1 aromatic carbocycles. The van der Waals surface area contributed by atoms with Crippen LogP contribution in [0.1, 0.15) is 44.6 Å². The lowest BCUT2D eigenvalue weighted by molar-refractivity contribution is -0.0669. The molecule has 1 fully saturated rings. The number of ether oxygens (including phenoxy) is 1. The summed E-state index contributed by atoms with van der Waals surface area (Å²) < 4.78 is 20.4. The van der Waals surface area contributed by atoms with Gasteiger partial charge in [-0.05, 0) is 49.6 Å². The first-order valence-electron chi connectivity index (χ1n) is 7.83. The van der Waals surface area contributed by atoms with E-state index in [0.29, 0.717) is 0 Å². The van der Waals surface area contributed by atoms with Crippen LogP contribution < -0.4 is 5.32 Å². The third-order valence-corrected chi connectivity index (χ3v) is 5.01. The number of methoxy groups -OCH3 is 1. The van der Waals surface area contributed by atoms with E-state index in [0.717, 1.165) is 35.8 Å². The SMILES string of the molecule is CCNC(Cc1cc(F)cc(Br)c1)C1(OC)CCCCC1. The monoisotopic (exact) mass is 357 g/mol. The van der Waals surface area contributed by atoms with E-state index in [1.54, 1.807) is 6.07 Å². The standard InChI is InChI=1S/C17H25BrFNO/c1-3-20-16(17(21-2)7-5-4-6-8-17)11-13-9-14(18)12-15(19)10-13/h9-10,12,16,20H,3-8,11H2,1-2H3. The van der Waals surface area contributed by atoms with Crippen LogP contribution in [0.25, 0.3) is 0 Å².